The first-order valence-corrected chi connectivity index (χ1v) is 6.66. The molecule has 0 radical (unpaired) electrons. The number of ether oxygens (including phenoxy) is 1. The van der Waals surface area contributed by atoms with Gasteiger partial charge in [-0.2, -0.15) is 0 Å². The molecule has 1 aromatic carbocycles. The van der Waals surface area contributed by atoms with Crippen LogP contribution in [0.1, 0.15) is 5.76 Å². The third kappa shape index (κ3) is 3.13. The topological polar surface area (TPSA) is 34.4 Å². The van der Waals surface area contributed by atoms with Crippen LogP contribution in [0.5, 0.6) is 5.75 Å². The molecule has 0 fully saturated rings. The van der Waals surface area contributed by atoms with Gasteiger partial charge in [0.25, 0.3) is 0 Å². The van der Waals surface area contributed by atoms with E-state index in [2.05, 4.69) is 21.2 Å². The molecule has 0 amide bonds. The zero-order valence-corrected chi connectivity index (χ0v) is 12.6. The Hall–Kier alpha value is -0.840. The van der Waals surface area contributed by atoms with Crippen molar-refractivity contribution in [2.45, 2.75) is 6.54 Å². The van der Waals surface area contributed by atoms with Gasteiger partial charge in [0.2, 0.25) is 0 Å². The van der Waals surface area contributed by atoms with Crippen LogP contribution in [0.25, 0.3) is 0 Å². The first kappa shape index (κ1) is 13.6. The molecule has 0 aliphatic rings. The Kier molecular flexibility index (Phi) is 4.43. The molecule has 96 valence electrons. The first-order chi connectivity index (χ1) is 8.60. The van der Waals surface area contributed by atoms with Crippen LogP contribution in [0.2, 0.25) is 10.2 Å². The van der Waals surface area contributed by atoms with Crippen molar-refractivity contribution in [3.05, 3.63) is 44.7 Å². The number of hydrogen-bond donors (Lipinski definition) is 1. The molecule has 0 bridgehead atoms. The standard InChI is InChI=1S/C12H10BrCl2NO2/c1-17-12-9(13)4-7(14)5-10(12)16-6-8-2-3-11(15)18-8/h2-5,16H,6H2,1H3. The fourth-order valence-corrected chi connectivity index (χ4v) is 2.66. The monoisotopic (exact) mass is 349 g/mol. The molecule has 1 heterocycles. The maximum Gasteiger partial charge on any atom is 0.193 e. The maximum atomic E-state index is 5.99. The molecular weight excluding hydrogens is 341 g/mol. The zero-order valence-electron chi connectivity index (χ0n) is 9.47. The van der Waals surface area contributed by atoms with Gasteiger partial charge in [0.15, 0.2) is 11.0 Å². The minimum atomic E-state index is 0.367. The average Bonchev–Trinajstić information content (AvgIpc) is 2.72. The first-order valence-electron chi connectivity index (χ1n) is 5.11. The molecule has 1 aromatic heterocycles. The average molecular weight is 351 g/mol. The van der Waals surface area contributed by atoms with E-state index >= 15 is 0 Å². The summed E-state index contributed by atoms with van der Waals surface area (Å²) in [5.41, 5.74) is 0.782. The third-order valence-corrected chi connectivity index (χ3v) is 3.30. The number of nitrogens with one attached hydrogen (secondary N) is 1. The van der Waals surface area contributed by atoms with Crippen LogP contribution in [-0.4, -0.2) is 7.11 Å². The Morgan fingerprint density at radius 3 is 2.72 bits per heavy atom. The number of hydrogen-bond acceptors (Lipinski definition) is 3. The second-order valence-electron chi connectivity index (χ2n) is 3.53. The van der Waals surface area contributed by atoms with Crippen molar-refractivity contribution in [2.75, 3.05) is 12.4 Å². The van der Waals surface area contributed by atoms with E-state index in [0.29, 0.717) is 22.5 Å². The Balaban J connectivity index is 2.18. The number of methoxy groups -OCH3 is 1. The van der Waals surface area contributed by atoms with Crippen LogP contribution in [-0.2, 0) is 6.54 Å². The van der Waals surface area contributed by atoms with Gasteiger partial charge in [-0.05, 0) is 51.8 Å². The Morgan fingerprint density at radius 2 is 2.11 bits per heavy atom. The van der Waals surface area contributed by atoms with Gasteiger partial charge < -0.3 is 14.5 Å². The summed E-state index contributed by atoms with van der Waals surface area (Å²) in [6.45, 7) is 0.496. The van der Waals surface area contributed by atoms with Gasteiger partial charge in [-0.3, -0.25) is 0 Å². The van der Waals surface area contributed by atoms with Crippen LogP contribution in [0.3, 0.4) is 0 Å². The predicted octanol–water partition coefficient (Wildman–Crippen LogP) is 4.97. The minimum absolute atomic E-state index is 0.367. The quantitative estimate of drug-likeness (QED) is 0.845. The normalized spacial score (nSPS) is 10.4. The Bertz CT molecular complexity index is 557. The summed E-state index contributed by atoms with van der Waals surface area (Å²) in [7, 11) is 1.60. The van der Waals surface area contributed by atoms with Crippen LogP contribution >= 0.6 is 39.1 Å². The van der Waals surface area contributed by atoms with E-state index in [1.54, 1.807) is 31.4 Å². The lowest BCUT2D eigenvalue weighted by Crippen LogP contribution is -2.01. The Morgan fingerprint density at radius 1 is 1.33 bits per heavy atom. The van der Waals surface area contributed by atoms with Crippen molar-refractivity contribution < 1.29 is 9.15 Å². The molecule has 1 N–H and O–H groups in total. The second-order valence-corrected chi connectivity index (χ2v) is 5.19. The lowest BCUT2D eigenvalue weighted by atomic mass is 10.3. The molecule has 2 rings (SSSR count). The number of anilines is 1. The number of halogens is 3. The third-order valence-electron chi connectivity index (χ3n) is 2.29. The lowest BCUT2D eigenvalue weighted by molar-refractivity contribution is 0.413. The number of benzene rings is 1. The van der Waals surface area contributed by atoms with Crippen LogP contribution in [0, 0.1) is 0 Å². The molecule has 0 aliphatic carbocycles. The van der Waals surface area contributed by atoms with Crippen molar-refractivity contribution in [1.29, 1.82) is 0 Å². The SMILES string of the molecule is COc1c(Br)cc(Cl)cc1NCc1ccc(Cl)o1. The van der Waals surface area contributed by atoms with Gasteiger partial charge >= 0.3 is 0 Å². The van der Waals surface area contributed by atoms with Gasteiger partial charge in [-0.15, -0.1) is 0 Å². The molecule has 18 heavy (non-hydrogen) atoms. The molecule has 6 heteroatoms. The second kappa shape index (κ2) is 5.87. The van der Waals surface area contributed by atoms with Gasteiger partial charge in [0.1, 0.15) is 5.76 Å². The van der Waals surface area contributed by atoms with E-state index in [9.17, 15) is 0 Å². The summed E-state index contributed by atoms with van der Waals surface area (Å²) < 4.78 is 11.3. The predicted molar refractivity (Wildman–Crippen MR) is 76.7 cm³/mol. The van der Waals surface area contributed by atoms with Gasteiger partial charge in [0.05, 0.1) is 23.8 Å². The smallest absolute Gasteiger partial charge is 0.193 e. The molecule has 0 saturated carbocycles. The van der Waals surface area contributed by atoms with E-state index in [-0.39, 0.29) is 0 Å². The summed E-state index contributed by atoms with van der Waals surface area (Å²) in [5, 5.41) is 4.16. The lowest BCUT2D eigenvalue weighted by Gasteiger charge is -2.12. The molecule has 0 spiro atoms. The van der Waals surface area contributed by atoms with Gasteiger partial charge in [-0.1, -0.05) is 11.6 Å². The van der Waals surface area contributed by atoms with Crippen LogP contribution in [0.15, 0.2) is 33.2 Å². The molecule has 0 aliphatic heterocycles. The largest absolute Gasteiger partial charge is 0.493 e. The van der Waals surface area contributed by atoms with Crippen LogP contribution < -0.4 is 10.1 Å². The van der Waals surface area contributed by atoms with Crippen molar-refractivity contribution in [3.8, 4) is 5.75 Å². The highest BCUT2D eigenvalue weighted by molar-refractivity contribution is 9.10. The number of furan rings is 1. The molecule has 3 nitrogen and oxygen atoms in total. The van der Waals surface area contributed by atoms with Crippen molar-refractivity contribution >= 4 is 44.8 Å². The van der Waals surface area contributed by atoms with E-state index in [1.165, 1.54) is 0 Å². The van der Waals surface area contributed by atoms with Crippen molar-refractivity contribution in [1.82, 2.24) is 0 Å². The highest BCUT2D eigenvalue weighted by atomic mass is 79.9. The maximum absolute atomic E-state index is 5.99. The number of rotatable bonds is 4. The van der Waals surface area contributed by atoms with Crippen molar-refractivity contribution in [2.24, 2.45) is 0 Å². The van der Waals surface area contributed by atoms with E-state index < -0.39 is 0 Å². The molecular formula is C12H10BrCl2NO2. The summed E-state index contributed by atoms with van der Waals surface area (Å²) in [4.78, 5) is 0. The fourth-order valence-electron chi connectivity index (χ4n) is 1.53. The molecule has 2 aromatic rings. The van der Waals surface area contributed by atoms with Crippen molar-refractivity contribution in [3.63, 3.8) is 0 Å². The van der Waals surface area contributed by atoms with Gasteiger partial charge in [-0.25, -0.2) is 0 Å². The molecule has 0 saturated heterocycles. The summed E-state index contributed by atoms with van der Waals surface area (Å²) >= 11 is 15.1. The van der Waals surface area contributed by atoms with Gasteiger partial charge in [0, 0.05) is 5.02 Å². The molecule has 0 unspecified atom stereocenters. The summed E-state index contributed by atoms with van der Waals surface area (Å²) in [6, 6.07) is 7.07. The van der Waals surface area contributed by atoms with E-state index in [0.717, 1.165) is 15.9 Å². The van der Waals surface area contributed by atoms with E-state index in [1.807, 2.05) is 0 Å². The summed E-state index contributed by atoms with van der Waals surface area (Å²) in [6.07, 6.45) is 0. The minimum Gasteiger partial charge on any atom is -0.493 e. The highest BCUT2D eigenvalue weighted by Crippen LogP contribution is 2.36. The summed E-state index contributed by atoms with van der Waals surface area (Å²) in [5.74, 6) is 1.43. The van der Waals surface area contributed by atoms with E-state index in [4.69, 9.17) is 32.4 Å². The highest BCUT2D eigenvalue weighted by Gasteiger charge is 2.10. The van der Waals surface area contributed by atoms with Crippen LogP contribution in [0.4, 0.5) is 5.69 Å². The fraction of sp³-hybridized carbons (Fsp3) is 0.167. The zero-order chi connectivity index (χ0) is 13.1. The Labute approximate surface area is 123 Å². The molecule has 0 atom stereocenters.